The van der Waals surface area contributed by atoms with E-state index in [1.807, 2.05) is 6.92 Å². The topological polar surface area (TPSA) is 90.7 Å². The number of carbonyl (C=O) groups is 2. The van der Waals surface area contributed by atoms with Gasteiger partial charge in [0.05, 0.1) is 0 Å². The maximum atomic E-state index is 11.3. The van der Waals surface area contributed by atoms with Crippen molar-refractivity contribution in [3.63, 3.8) is 0 Å². The summed E-state index contributed by atoms with van der Waals surface area (Å²) in [7, 11) is 0. The molecule has 0 aromatic heterocycles. The summed E-state index contributed by atoms with van der Waals surface area (Å²) in [6, 6.07) is 0. The molecule has 14 heavy (non-hydrogen) atoms. The van der Waals surface area contributed by atoms with Crippen molar-refractivity contribution in [3.8, 4) is 0 Å². The van der Waals surface area contributed by atoms with Crippen LogP contribution >= 0.6 is 0 Å². The van der Waals surface area contributed by atoms with Crippen LogP contribution in [0.25, 0.3) is 0 Å². The first-order chi connectivity index (χ1) is 6.61. The number of hydrogen-bond donors (Lipinski definition) is 2. The normalized spacial score (nSPS) is 26.1. The first-order valence-electron chi connectivity index (χ1n) is 4.43. The van der Waals surface area contributed by atoms with E-state index in [0.717, 1.165) is 6.42 Å². The Kier molecular flexibility index (Phi) is 3.84. The van der Waals surface area contributed by atoms with Gasteiger partial charge in [-0.25, -0.2) is 5.48 Å². The van der Waals surface area contributed by atoms with E-state index in [4.69, 9.17) is 10.5 Å². The molecule has 6 heteroatoms. The van der Waals surface area contributed by atoms with Crippen molar-refractivity contribution in [2.24, 2.45) is 11.7 Å². The molecule has 0 bridgehead atoms. The molecule has 2 amide bonds. The summed E-state index contributed by atoms with van der Waals surface area (Å²) in [5.74, 6) is -0.825. The second-order valence-corrected chi connectivity index (χ2v) is 3.28. The van der Waals surface area contributed by atoms with E-state index in [9.17, 15) is 9.59 Å². The number of amides is 2. The highest BCUT2D eigenvalue weighted by molar-refractivity contribution is 5.80. The van der Waals surface area contributed by atoms with E-state index in [-0.39, 0.29) is 18.4 Å². The van der Waals surface area contributed by atoms with Crippen LogP contribution in [0.2, 0.25) is 0 Å². The minimum Gasteiger partial charge on any atom is -0.368 e. The third kappa shape index (κ3) is 2.97. The molecule has 0 spiro atoms. The van der Waals surface area contributed by atoms with Crippen LogP contribution in [-0.4, -0.2) is 31.1 Å². The highest BCUT2D eigenvalue weighted by Gasteiger charge is 2.30. The number of nitrogens with two attached hydrogens (primary N) is 1. The van der Waals surface area contributed by atoms with Gasteiger partial charge in [-0.15, -0.1) is 0 Å². The molecule has 0 radical (unpaired) electrons. The first kappa shape index (κ1) is 10.9. The lowest BCUT2D eigenvalue weighted by Crippen LogP contribution is -2.38. The van der Waals surface area contributed by atoms with Gasteiger partial charge in [-0.3, -0.25) is 14.4 Å². The summed E-state index contributed by atoms with van der Waals surface area (Å²) in [4.78, 5) is 26.2. The van der Waals surface area contributed by atoms with Gasteiger partial charge in [-0.05, 0) is 12.3 Å². The number of rotatable bonds is 4. The molecule has 80 valence electrons. The fraction of sp³-hybridized carbons (Fsp3) is 0.750. The Bertz CT molecular complexity index is 231. The highest BCUT2D eigenvalue weighted by atomic mass is 16.7. The van der Waals surface area contributed by atoms with Crippen molar-refractivity contribution in [3.05, 3.63) is 0 Å². The van der Waals surface area contributed by atoms with Crippen LogP contribution in [0.15, 0.2) is 0 Å². The summed E-state index contributed by atoms with van der Waals surface area (Å²) in [5.41, 5.74) is 6.93. The fourth-order valence-corrected chi connectivity index (χ4v) is 1.27. The summed E-state index contributed by atoms with van der Waals surface area (Å²) in [6.07, 6.45) is 0.372. The molecular weight excluding hydrogens is 188 g/mol. The average Bonchev–Trinajstić information content (AvgIpc) is 2.50. The van der Waals surface area contributed by atoms with Gasteiger partial charge < -0.3 is 10.5 Å². The van der Waals surface area contributed by atoms with E-state index < -0.39 is 12.0 Å². The number of carbonyl (C=O) groups excluding carboxylic acids is 2. The van der Waals surface area contributed by atoms with Crippen LogP contribution in [0.1, 0.15) is 13.3 Å². The Morgan fingerprint density at radius 1 is 1.64 bits per heavy atom. The van der Waals surface area contributed by atoms with Gasteiger partial charge in [-0.1, -0.05) is 6.92 Å². The molecule has 1 aliphatic heterocycles. The molecule has 6 nitrogen and oxygen atoms in total. The first-order valence-corrected chi connectivity index (χ1v) is 4.43. The predicted molar refractivity (Wildman–Crippen MR) is 46.8 cm³/mol. The summed E-state index contributed by atoms with van der Waals surface area (Å²) in [5, 5.41) is 0. The molecule has 3 N–H and O–H groups in total. The predicted octanol–water partition coefficient (Wildman–Crippen LogP) is -1.06. The van der Waals surface area contributed by atoms with Gasteiger partial charge >= 0.3 is 0 Å². The SMILES string of the molecule is C[C@@H]1CCO[C@@H]1C(=O)NOCC(N)=O. The zero-order valence-electron chi connectivity index (χ0n) is 7.99. The minimum atomic E-state index is -0.634. The third-order valence-electron chi connectivity index (χ3n) is 2.03. The molecular formula is C8H14N2O4. The second kappa shape index (κ2) is 4.92. The number of hydroxylamine groups is 1. The summed E-state index contributed by atoms with van der Waals surface area (Å²) >= 11 is 0. The average molecular weight is 202 g/mol. The quantitative estimate of drug-likeness (QED) is 0.569. The molecule has 0 aromatic carbocycles. The van der Waals surface area contributed by atoms with Gasteiger partial charge in [0, 0.05) is 6.61 Å². The highest BCUT2D eigenvalue weighted by Crippen LogP contribution is 2.19. The van der Waals surface area contributed by atoms with Crippen molar-refractivity contribution in [2.45, 2.75) is 19.4 Å². The molecule has 0 aromatic rings. The summed E-state index contributed by atoms with van der Waals surface area (Å²) < 4.78 is 5.18. The second-order valence-electron chi connectivity index (χ2n) is 3.28. The lowest BCUT2D eigenvalue weighted by molar-refractivity contribution is -0.146. The minimum absolute atomic E-state index is 0.173. The zero-order chi connectivity index (χ0) is 10.6. The van der Waals surface area contributed by atoms with Crippen LogP contribution in [0.4, 0.5) is 0 Å². The third-order valence-corrected chi connectivity index (χ3v) is 2.03. The van der Waals surface area contributed by atoms with Crippen LogP contribution < -0.4 is 11.2 Å². The standard InChI is InChI=1S/C8H14N2O4/c1-5-2-3-13-7(5)8(12)10-14-4-6(9)11/h5,7H,2-4H2,1H3,(H2,9,11)(H,10,12)/t5-,7+/m1/s1. The van der Waals surface area contributed by atoms with Gasteiger partial charge in [-0.2, -0.15) is 0 Å². The number of primary amides is 1. The van der Waals surface area contributed by atoms with Crippen molar-refractivity contribution in [2.75, 3.05) is 13.2 Å². The Morgan fingerprint density at radius 2 is 2.36 bits per heavy atom. The Hall–Kier alpha value is -1.14. The molecule has 0 unspecified atom stereocenters. The van der Waals surface area contributed by atoms with Crippen molar-refractivity contribution >= 4 is 11.8 Å². The molecule has 1 fully saturated rings. The maximum Gasteiger partial charge on any atom is 0.272 e. The fourth-order valence-electron chi connectivity index (χ4n) is 1.27. The monoisotopic (exact) mass is 202 g/mol. The largest absolute Gasteiger partial charge is 0.368 e. The molecule has 1 aliphatic rings. The molecule has 1 heterocycles. The number of ether oxygens (including phenoxy) is 1. The van der Waals surface area contributed by atoms with Crippen molar-refractivity contribution in [1.29, 1.82) is 0 Å². The Labute approximate surface area is 81.7 Å². The molecule has 2 atom stereocenters. The lowest BCUT2D eigenvalue weighted by atomic mass is 10.0. The smallest absolute Gasteiger partial charge is 0.272 e. The lowest BCUT2D eigenvalue weighted by Gasteiger charge is -2.13. The molecule has 1 saturated heterocycles. The van der Waals surface area contributed by atoms with Gasteiger partial charge in [0.15, 0.2) is 6.61 Å². The van der Waals surface area contributed by atoms with Crippen LogP contribution in [0.3, 0.4) is 0 Å². The van der Waals surface area contributed by atoms with Crippen LogP contribution in [0.5, 0.6) is 0 Å². The maximum absolute atomic E-state index is 11.3. The molecule has 1 rings (SSSR count). The van der Waals surface area contributed by atoms with E-state index in [0.29, 0.717) is 6.61 Å². The van der Waals surface area contributed by atoms with Gasteiger partial charge in [0.1, 0.15) is 6.10 Å². The number of hydrogen-bond acceptors (Lipinski definition) is 4. The molecule has 0 saturated carbocycles. The van der Waals surface area contributed by atoms with E-state index in [1.54, 1.807) is 0 Å². The van der Waals surface area contributed by atoms with Gasteiger partial charge in [0.2, 0.25) is 5.91 Å². The Morgan fingerprint density at radius 3 is 2.86 bits per heavy atom. The number of nitrogens with one attached hydrogen (secondary N) is 1. The van der Waals surface area contributed by atoms with Crippen molar-refractivity contribution in [1.82, 2.24) is 5.48 Å². The van der Waals surface area contributed by atoms with Crippen LogP contribution in [0, 0.1) is 5.92 Å². The summed E-state index contributed by atoms with van der Waals surface area (Å²) in [6.45, 7) is 2.17. The zero-order valence-corrected chi connectivity index (χ0v) is 7.99. The molecule has 0 aliphatic carbocycles. The van der Waals surface area contributed by atoms with E-state index in [2.05, 4.69) is 10.3 Å². The van der Waals surface area contributed by atoms with Crippen LogP contribution in [-0.2, 0) is 19.2 Å². The van der Waals surface area contributed by atoms with E-state index >= 15 is 0 Å². The van der Waals surface area contributed by atoms with E-state index in [1.165, 1.54) is 0 Å². The Balaban J connectivity index is 2.24. The van der Waals surface area contributed by atoms with Crippen molar-refractivity contribution < 1.29 is 19.2 Å². The van der Waals surface area contributed by atoms with Gasteiger partial charge in [0.25, 0.3) is 5.91 Å².